The van der Waals surface area contributed by atoms with E-state index in [1.54, 1.807) is 13.3 Å². The number of methoxy groups -OCH3 is 1. The van der Waals surface area contributed by atoms with Crippen molar-refractivity contribution in [2.24, 2.45) is 0 Å². The molecule has 1 amide bonds. The molecule has 3 aromatic rings. The van der Waals surface area contributed by atoms with Gasteiger partial charge in [0.2, 0.25) is 5.91 Å². The third-order valence-electron chi connectivity index (χ3n) is 3.92. The van der Waals surface area contributed by atoms with E-state index in [-0.39, 0.29) is 5.91 Å². The molecule has 0 aliphatic carbocycles. The van der Waals surface area contributed by atoms with Crippen LogP contribution in [0.15, 0.2) is 66.1 Å². The molecule has 0 bridgehead atoms. The van der Waals surface area contributed by atoms with Gasteiger partial charge in [0.15, 0.2) is 5.16 Å². The van der Waals surface area contributed by atoms with Crippen LogP contribution in [0.1, 0.15) is 5.56 Å². The molecule has 3 rings (SSSR count). The standard InChI is InChI=1S/C20H20ClN3O2S/c1-26-18-4-2-3-17(13-18)24-12-11-23-20(24)27-14-19(25)22-10-9-15-5-7-16(21)8-6-15/h2-8,11-13H,9-10,14H2,1H3,(H,22,25). The number of aromatic nitrogens is 2. The van der Waals surface area contributed by atoms with Crippen LogP contribution in [-0.2, 0) is 11.2 Å². The minimum atomic E-state index is -0.0193. The maximum absolute atomic E-state index is 12.1. The van der Waals surface area contributed by atoms with Crippen molar-refractivity contribution in [3.63, 3.8) is 0 Å². The van der Waals surface area contributed by atoms with Crippen molar-refractivity contribution in [1.29, 1.82) is 0 Å². The number of rotatable bonds is 8. The summed E-state index contributed by atoms with van der Waals surface area (Å²) in [5, 5.41) is 4.41. The number of nitrogens with zero attached hydrogens (tertiary/aromatic N) is 2. The summed E-state index contributed by atoms with van der Waals surface area (Å²) in [6, 6.07) is 15.4. The van der Waals surface area contributed by atoms with Crippen LogP contribution in [0.3, 0.4) is 0 Å². The minimum absolute atomic E-state index is 0.0193. The van der Waals surface area contributed by atoms with E-state index in [4.69, 9.17) is 16.3 Å². The molecule has 1 N–H and O–H groups in total. The zero-order chi connectivity index (χ0) is 19.1. The lowest BCUT2D eigenvalue weighted by Gasteiger charge is -2.09. The first-order chi connectivity index (χ1) is 13.2. The lowest BCUT2D eigenvalue weighted by molar-refractivity contribution is -0.118. The Kier molecular flexibility index (Phi) is 6.79. The molecule has 27 heavy (non-hydrogen) atoms. The number of benzene rings is 2. The SMILES string of the molecule is COc1cccc(-n2ccnc2SCC(=O)NCCc2ccc(Cl)cc2)c1. The van der Waals surface area contributed by atoms with Crippen LogP contribution >= 0.6 is 23.4 Å². The number of ether oxygens (including phenoxy) is 1. The Morgan fingerprint density at radius 1 is 1.26 bits per heavy atom. The van der Waals surface area contributed by atoms with Gasteiger partial charge in [-0.1, -0.05) is 41.6 Å². The van der Waals surface area contributed by atoms with E-state index < -0.39 is 0 Å². The fourth-order valence-corrected chi connectivity index (χ4v) is 3.46. The number of halogens is 1. The summed E-state index contributed by atoms with van der Waals surface area (Å²) < 4.78 is 7.20. The first-order valence-corrected chi connectivity index (χ1v) is 9.84. The average Bonchev–Trinajstić information content (AvgIpc) is 3.16. The minimum Gasteiger partial charge on any atom is -0.497 e. The summed E-state index contributed by atoms with van der Waals surface area (Å²) in [5.41, 5.74) is 2.08. The Labute approximate surface area is 167 Å². The van der Waals surface area contributed by atoms with Crippen LogP contribution in [0.5, 0.6) is 5.75 Å². The fourth-order valence-electron chi connectivity index (χ4n) is 2.53. The second-order valence-corrected chi connectivity index (χ2v) is 7.18. The molecule has 0 aliphatic heterocycles. The fraction of sp³-hybridized carbons (Fsp3) is 0.200. The molecule has 0 spiro atoms. The molecule has 0 unspecified atom stereocenters. The second kappa shape index (κ2) is 9.48. The molecule has 0 atom stereocenters. The molecule has 0 saturated carbocycles. The van der Waals surface area contributed by atoms with E-state index >= 15 is 0 Å². The van der Waals surface area contributed by atoms with Gasteiger partial charge in [-0.3, -0.25) is 9.36 Å². The van der Waals surface area contributed by atoms with Gasteiger partial charge in [0.25, 0.3) is 0 Å². The predicted octanol–water partition coefficient (Wildman–Crippen LogP) is 3.99. The van der Waals surface area contributed by atoms with Crippen LogP contribution in [0.25, 0.3) is 5.69 Å². The molecular formula is C20H20ClN3O2S. The van der Waals surface area contributed by atoms with Gasteiger partial charge in [-0.25, -0.2) is 4.98 Å². The van der Waals surface area contributed by atoms with Crippen molar-refractivity contribution in [3.8, 4) is 11.4 Å². The van der Waals surface area contributed by atoms with Crippen LogP contribution < -0.4 is 10.1 Å². The zero-order valence-corrected chi connectivity index (χ0v) is 16.5. The third kappa shape index (κ3) is 5.52. The van der Waals surface area contributed by atoms with Gasteiger partial charge in [-0.05, 0) is 36.2 Å². The van der Waals surface area contributed by atoms with Crippen LogP contribution in [-0.4, -0.2) is 34.9 Å². The number of hydrogen-bond acceptors (Lipinski definition) is 4. The molecular weight excluding hydrogens is 382 g/mol. The Bertz CT molecular complexity index is 896. The van der Waals surface area contributed by atoms with Crippen molar-refractivity contribution in [3.05, 3.63) is 71.5 Å². The number of carbonyl (C=O) groups excluding carboxylic acids is 1. The van der Waals surface area contributed by atoms with E-state index in [0.29, 0.717) is 17.3 Å². The first-order valence-electron chi connectivity index (χ1n) is 8.47. The smallest absolute Gasteiger partial charge is 0.230 e. The monoisotopic (exact) mass is 401 g/mol. The molecule has 0 radical (unpaired) electrons. The van der Waals surface area contributed by atoms with Gasteiger partial charge in [-0.15, -0.1) is 0 Å². The van der Waals surface area contributed by atoms with Crippen molar-refractivity contribution in [1.82, 2.24) is 14.9 Å². The number of imidazole rings is 1. The highest BCUT2D eigenvalue weighted by Gasteiger charge is 2.09. The third-order valence-corrected chi connectivity index (χ3v) is 5.14. The molecule has 1 aromatic heterocycles. The molecule has 0 fully saturated rings. The van der Waals surface area contributed by atoms with Gasteiger partial charge < -0.3 is 10.1 Å². The number of hydrogen-bond donors (Lipinski definition) is 1. The molecule has 5 nitrogen and oxygen atoms in total. The number of carbonyl (C=O) groups is 1. The highest BCUT2D eigenvalue weighted by molar-refractivity contribution is 7.99. The van der Waals surface area contributed by atoms with Gasteiger partial charge >= 0.3 is 0 Å². The van der Waals surface area contributed by atoms with Crippen molar-refractivity contribution < 1.29 is 9.53 Å². The van der Waals surface area contributed by atoms with E-state index in [1.807, 2.05) is 59.3 Å². The molecule has 140 valence electrons. The van der Waals surface area contributed by atoms with Crippen LogP contribution in [0, 0.1) is 0 Å². The summed E-state index contributed by atoms with van der Waals surface area (Å²) in [7, 11) is 1.64. The molecule has 0 aliphatic rings. The topological polar surface area (TPSA) is 56.2 Å². The largest absolute Gasteiger partial charge is 0.497 e. The Morgan fingerprint density at radius 3 is 2.85 bits per heavy atom. The van der Waals surface area contributed by atoms with Gasteiger partial charge in [-0.2, -0.15) is 0 Å². The van der Waals surface area contributed by atoms with Gasteiger partial charge in [0.05, 0.1) is 18.6 Å². The molecule has 2 aromatic carbocycles. The molecule has 0 saturated heterocycles. The highest BCUT2D eigenvalue weighted by Crippen LogP contribution is 2.23. The van der Waals surface area contributed by atoms with Crippen molar-refractivity contribution in [2.45, 2.75) is 11.6 Å². The van der Waals surface area contributed by atoms with E-state index in [1.165, 1.54) is 11.8 Å². The number of thioether (sulfide) groups is 1. The van der Waals surface area contributed by atoms with Gasteiger partial charge in [0.1, 0.15) is 5.75 Å². The van der Waals surface area contributed by atoms with Crippen LogP contribution in [0.4, 0.5) is 0 Å². The van der Waals surface area contributed by atoms with Crippen LogP contribution in [0.2, 0.25) is 5.02 Å². The zero-order valence-electron chi connectivity index (χ0n) is 14.9. The summed E-state index contributed by atoms with van der Waals surface area (Å²) >= 11 is 7.27. The van der Waals surface area contributed by atoms with Crippen molar-refractivity contribution >= 4 is 29.3 Å². The first kappa shape index (κ1) is 19.3. The Morgan fingerprint density at radius 2 is 2.07 bits per heavy atom. The van der Waals surface area contributed by atoms with Gasteiger partial charge in [0, 0.05) is 30.0 Å². The summed E-state index contributed by atoms with van der Waals surface area (Å²) in [4.78, 5) is 16.5. The lowest BCUT2D eigenvalue weighted by Crippen LogP contribution is -2.27. The Balaban J connectivity index is 1.50. The number of amides is 1. The summed E-state index contributed by atoms with van der Waals surface area (Å²) in [6.07, 6.45) is 4.36. The maximum Gasteiger partial charge on any atom is 0.230 e. The molecule has 1 heterocycles. The van der Waals surface area contributed by atoms with E-state index in [2.05, 4.69) is 10.3 Å². The van der Waals surface area contributed by atoms with E-state index in [9.17, 15) is 4.79 Å². The second-order valence-electron chi connectivity index (χ2n) is 5.80. The quantitative estimate of drug-likeness (QED) is 0.580. The predicted molar refractivity (Wildman–Crippen MR) is 109 cm³/mol. The average molecular weight is 402 g/mol. The maximum atomic E-state index is 12.1. The summed E-state index contributed by atoms with van der Waals surface area (Å²) in [5.74, 6) is 1.06. The van der Waals surface area contributed by atoms with E-state index in [0.717, 1.165) is 28.6 Å². The lowest BCUT2D eigenvalue weighted by atomic mass is 10.1. The normalized spacial score (nSPS) is 10.6. The Hall–Kier alpha value is -2.44. The highest BCUT2D eigenvalue weighted by atomic mass is 35.5. The number of nitrogens with one attached hydrogen (secondary N) is 1. The molecule has 7 heteroatoms. The summed E-state index contributed by atoms with van der Waals surface area (Å²) in [6.45, 7) is 0.589. The van der Waals surface area contributed by atoms with Crippen molar-refractivity contribution in [2.75, 3.05) is 19.4 Å².